The molecule has 0 bridgehead atoms. The summed E-state index contributed by atoms with van der Waals surface area (Å²) >= 11 is 8.05. The average molecular weight is 304 g/mol. The number of rotatable bonds is 0. The number of aromatic amines is 2. The maximum absolute atomic E-state index is 4.09. The largest absolute Gasteiger partial charge is 0.342 e. The summed E-state index contributed by atoms with van der Waals surface area (Å²) in [6.45, 7) is 0. The second kappa shape index (κ2) is 5.43. The van der Waals surface area contributed by atoms with Crippen molar-refractivity contribution >= 4 is 47.6 Å². The molecule has 4 aromatic heterocycles. The van der Waals surface area contributed by atoms with Gasteiger partial charge < -0.3 is 9.97 Å². The molecule has 0 radical (unpaired) electrons. The molecule has 0 amide bonds. The molecule has 0 aliphatic rings. The zero-order chi connectivity index (χ0) is 13.9. The van der Waals surface area contributed by atoms with Crippen LogP contribution in [0.25, 0.3) is 22.3 Å². The summed E-state index contributed by atoms with van der Waals surface area (Å²) in [5.41, 5.74) is 2.92. The van der Waals surface area contributed by atoms with E-state index in [0.717, 1.165) is 11.0 Å². The Labute approximate surface area is 123 Å². The summed E-state index contributed by atoms with van der Waals surface area (Å²) in [5, 5.41) is 1.07. The van der Waals surface area contributed by atoms with Crippen LogP contribution in [0.5, 0.6) is 0 Å². The van der Waals surface area contributed by atoms with Gasteiger partial charge in [0.05, 0.1) is 18.9 Å². The van der Waals surface area contributed by atoms with Gasteiger partial charge in [-0.15, -0.1) is 25.3 Å². The lowest BCUT2D eigenvalue weighted by molar-refractivity contribution is 1.00. The van der Waals surface area contributed by atoms with Crippen molar-refractivity contribution in [2.45, 2.75) is 10.2 Å². The van der Waals surface area contributed by atoms with Crippen LogP contribution in [-0.2, 0) is 0 Å². The first kappa shape index (κ1) is 12.8. The van der Waals surface area contributed by atoms with E-state index in [0.29, 0.717) is 21.5 Å². The van der Waals surface area contributed by atoms with Crippen molar-refractivity contribution < 1.29 is 0 Å². The summed E-state index contributed by atoms with van der Waals surface area (Å²) < 4.78 is 0. The summed E-state index contributed by atoms with van der Waals surface area (Å²) in [6.07, 6.45) is 6.23. The van der Waals surface area contributed by atoms with Gasteiger partial charge in [0.1, 0.15) is 22.4 Å². The van der Waals surface area contributed by atoms with Gasteiger partial charge in [-0.25, -0.2) is 29.9 Å². The minimum atomic E-state index is 0.444. The first-order valence-corrected chi connectivity index (χ1v) is 6.31. The number of hydrogen-bond acceptors (Lipinski definition) is 8. The SMILES string of the molecule is Sc1ncc2[nH]cnc2n1.Sc1ncnc2nc[nH]c12. The smallest absolute Gasteiger partial charge is 0.186 e. The Balaban J connectivity index is 0.000000121. The lowest BCUT2D eigenvalue weighted by atomic mass is 10.6. The maximum Gasteiger partial charge on any atom is 0.186 e. The van der Waals surface area contributed by atoms with E-state index >= 15 is 0 Å². The Kier molecular flexibility index (Phi) is 3.48. The number of fused-ring (bicyclic) bond motifs is 2. The number of nitrogens with zero attached hydrogens (tertiary/aromatic N) is 6. The van der Waals surface area contributed by atoms with Gasteiger partial charge in [0.2, 0.25) is 0 Å². The van der Waals surface area contributed by atoms with E-state index < -0.39 is 0 Å². The molecular weight excluding hydrogens is 296 g/mol. The Bertz CT molecular complexity index is 854. The molecule has 0 saturated carbocycles. The summed E-state index contributed by atoms with van der Waals surface area (Å²) in [7, 11) is 0. The van der Waals surface area contributed by atoms with Crippen LogP contribution in [0.4, 0.5) is 0 Å². The van der Waals surface area contributed by atoms with Crippen molar-refractivity contribution in [3.8, 4) is 0 Å². The van der Waals surface area contributed by atoms with Crippen molar-refractivity contribution in [2.24, 2.45) is 0 Å². The Hall–Kier alpha value is -2.20. The maximum atomic E-state index is 4.09. The molecule has 0 aliphatic carbocycles. The number of nitrogens with one attached hydrogen (secondary N) is 2. The molecule has 4 heterocycles. The molecule has 20 heavy (non-hydrogen) atoms. The Morgan fingerprint density at radius 2 is 1.65 bits per heavy atom. The number of aromatic nitrogens is 8. The number of imidazole rings is 2. The van der Waals surface area contributed by atoms with Gasteiger partial charge in [0, 0.05) is 0 Å². The highest BCUT2D eigenvalue weighted by atomic mass is 32.1. The van der Waals surface area contributed by atoms with Crippen LogP contribution in [0, 0.1) is 0 Å². The van der Waals surface area contributed by atoms with Crippen molar-refractivity contribution in [1.82, 2.24) is 39.9 Å². The Morgan fingerprint density at radius 3 is 2.50 bits per heavy atom. The topological polar surface area (TPSA) is 109 Å². The summed E-state index contributed by atoms with van der Waals surface area (Å²) in [4.78, 5) is 29.2. The zero-order valence-electron chi connectivity index (χ0n) is 9.89. The first-order valence-electron chi connectivity index (χ1n) is 5.42. The van der Waals surface area contributed by atoms with Crippen molar-refractivity contribution in [3.05, 3.63) is 25.2 Å². The molecule has 100 valence electrons. The standard InChI is InChI=1S/2C5H4N4S/c10-5-3-4(7-1-6-3)8-2-9-5;10-5-6-1-3-4(9-5)8-2-7-3/h2*1-2H,(H2,6,7,8,9,10). The third kappa shape index (κ3) is 2.56. The Morgan fingerprint density at radius 1 is 0.850 bits per heavy atom. The second-order valence-electron chi connectivity index (χ2n) is 3.61. The molecule has 0 aromatic carbocycles. The molecule has 0 unspecified atom stereocenters. The highest BCUT2D eigenvalue weighted by Crippen LogP contribution is 2.11. The minimum Gasteiger partial charge on any atom is -0.342 e. The fourth-order valence-corrected chi connectivity index (χ4v) is 1.85. The van der Waals surface area contributed by atoms with Crippen molar-refractivity contribution in [1.29, 1.82) is 0 Å². The highest BCUT2D eigenvalue weighted by Gasteiger charge is 1.99. The van der Waals surface area contributed by atoms with E-state index in [2.05, 4.69) is 65.1 Å². The van der Waals surface area contributed by atoms with Crippen LogP contribution in [0.15, 0.2) is 35.4 Å². The molecule has 2 N–H and O–H groups in total. The average Bonchev–Trinajstić information content (AvgIpc) is 3.07. The quantitative estimate of drug-likeness (QED) is 0.221. The van der Waals surface area contributed by atoms with Gasteiger partial charge in [0.25, 0.3) is 0 Å². The third-order valence-electron chi connectivity index (χ3n) is 2.37. The zero-order valence-corrected chi connectivity index (χ0v) is 11.7. The van der Waals surface area contributed by atoms with Gasteiger partial charge in [-0.2, -0.15) is 0 Å². The first-order chi connectivity index (χ1) is 9.74. The van der Waals surface area contributed by atoms with E-state index in [1.165, 1.54) is 6.33 Å². The van der Waals surface area contributed by atoms with E-state index in [-0.39, 0.29) is 0 Å². The van der Waals surface area contributed by atoms with Crippen LogP contribution in [-0.4, -0.2) is 39.9 Å². The molecule has 0 atom stereocenters. The number of H-pyrrole nitrogens is 2. The van der Waals surface area contributed by atoms with Crippen LogP contribution in [0.3, 0.4) is 0 Å². The van der Waals surface area contributed by atoms with Crippen LogP contribution >= 0.6 is 25.3 Å². The van der Waals surface area contributed by atoms with Gasteiger partial charge in [-0.3, -0.25) is 0 Å². The molecule has 0 aliphatic heterocycles. The number of hydrogen-bond donors (Lipinski definition) is 4. The van der Waals surface area contributed by atoms with Crippen molar-refractivity contribution in [2.75, 3.05) is 0 Å². The molecule has 0 spiro atoms. The highest BCUT2D eigenvalue weighted by molar-refractivity contribution is 7.80. The minimum absolute atomic E-state index is 0.444. The second-order valence-corrected chi connectivity index (χ2v) is 4.43. The predicted molar refractivity (Wildman–Crippen MR) is 77.9 cm³/mol. The lowest BCUT2D eigenvalue weighted by Crippen LogP contribution is -1.82. The lowest BCUT2D eigenvalue weighted by Gasteiger charge is -1.88. The molecular formula is C10H8N8S2. The van der Waals surface area contributed by atoms with Gasteiger partial charge >= 0.3 is 0 Å². The van der Waals surface area contributed by atoms with Crippen LogP contribution in [0.2, 0.25) is 0 Å². The van der Waals surface area contributed by atoms with E-state index in [9.17, 15) is 0 Å². The van der Waals surface area contributed by atoms with Gasteiger partial charge in [-0.05, 0) is 0 Å². The fraction of sp³-hybridized carbons (Fsp3) is 0. The van der Waals surface area contributed by atoms with Crippen molar-refractivity contribution in [3.63, 3.8) is 0 Å². The van der Waals surface area contributed by atoms with Gasteiger partial charge in [-0.1, -0.05) is 0 Å². The van der Waals surface area contributed by atoms with Crippen LogP contribution < -0.4 is 0 Å². The molecule has 10 heteroatoms. The number of thiol groups is 2. The predicted octanol–water partition coefficient (Wildman–Crippen LogP) is 1.28. The summed E-state index contributed by atoms with van der Waals surface area (Å²) in [6, 6.07) is 0. The molecule has 4 rings (SSSR count). The normalized spacial score (nSPS) is 10.5. The van der Waals surface area contributed by atoms with Crippen LogP contribution in [0.1, 0.15) is 0 Å². The van der Waals surface area contributed by atoms with E-state index in [1.54, 1.807) is 18.9 Å². The molecule has 0 fully saturated rings. The van der Waals surface area contributed by atoms with E-state index in [4.69, 9.17) is 0 Å². The fourth-order valence-electron chi connectivity index (χ4n) is 1.48. The molecule has 4 aromatic rings. The third-order valence-corrected chi connectivity index (χ3v) is 2.92. The molecule has 0 saturated heterocycles. The monoisotopic (exact) mass is 304 g/mol. The van der Waals surface area contributed by atoms with E-state index in [1.807, 2.05) is 0 Å². The van der Waals surface area contributed by atoms with Gasteiger partial charge in [0.15, 0.2) is 16.5 Å². The molecule has 8 nitrogen and oxygen atoms in total. The summed E-state index contributed by atoms with van der Waals surface area (Å²) in [5.74, 6) is 0.